The standard InChI is InChI=1S/C11H22N2/c1-13(2)10(9-4-3-5-9)11(8-12)6-7-11/h9-10H,3-8,12H2,1-2H3. The topological polar surface area (TPSA) is 29.3 Å². The molecule has 76 valence electrons. The normalized spacial score (nSPS) is 28.6. The fraction of sp³-hybridized carbons (Fsp3) is 1.00. The molecule has 2 rings (SSSR count). The van der Waals surface area contributed by atoms with E-state index in [9.17, 15) is 0 Å². The lowest BCUT2D eigenvalue weighted by molar-refractivity contribution is 0.0802. The molecule has 2 saturated carbocycles. The Morgan fingerprint density at radius 3 is 2.23 bits per heavy atom. The van der Waals surface area contributed by atoms with Gasteiger partial charge in [0.05, 0.1) is 0 Å². The Morgan fingerprint density at radius 1 is 1.38 bits per heavy atom. The number of hydrogen-bond donors (Lipinski definition) is 1. The van der Waals surface area contributed by atoms with E-state index in [2.05, 4.69) is 19.0 Å². The summed E-state index contributed by atoms with van der Waals surface area (Å²) in [6, 6.07) is 0.770. The summed E-state index contributed by atoms with van der Waals surface area (Å²) in [7, 11) is 4.44. The third-order valence-corrected chi connectivity index (χ3v) is 4.08. The first kappa shape index (κ1) is 9.47. The van der Waals surface area contributed by atoms with E-state index >= 15 is 0 Å². The van der Waals surface area contributed by atoms with Crippen molar-refractivity contribution < 1.29 is 0 Å². The van der Waals surface area contributed by atoms with E-state index in [0.717, 1.165) is 18.5 Å². The van der Waals surface area contributed by atoms with E-state index in [1.165, 1.54) is 32.1 Å². The molecule has 0 aromatic rings. The van der Waals surface area contributed by atoms with E-state index in [1.807, 2.05) is 0 Å². The van der Waals surface area contributed by atoms with Crippen LogP contribution >= 0.6 is 0 Å². The van der Waals surface area contributed by atoms with Crippen LogP contribution in [0, 0.1) is 11.3 Å². The van der Waals surface area contributed by atoms with Crippen LogP contribution < -0.4 is 5.73 Å². The van der Waals surface area contributed by atoms with Crippen LogP contribution in [0.2, 0.25) is 0 Å². The van der Waals surface area contributed by atoms with E-state index in [4.69, 9.17) is 5.73 Å². The van der Waals surface area contributed by atoms with Crippen LogP contribution in [0.15, 0.2) is 0 Å². The second kappa shape index (κ2) is 3.25. The van der Waals surface area contributed by atoms with Crippen molar-refractivity contribution in [3.8, 4) is 0 Å². The molecule has 0 saturated heterocycles. The SMILES string of the molecule is CN(C)C(C1CCC1)C1(CN)CC1. The smallest absolute Gasteiger partial charge is 0.0186 e. The van der Waals surface area contributed by atoms with E-state index < -0.39 is 0 Å². The van der Waals surface area contributed by atoms with E-state index in [0.29, 0.717) is 5.41 Å². The highest BCUT2D eigenvalue weighted by Crippen LogP contribution is 2.54. The van der Waals surface area contributed by atoms with Crippen LogP contribution in [0.1, 0.15) is 32.1 Å². The average Bonchev–Trinajstić information content (AvgIpc) is 2.76. The van der Waals surface area contributed by atoms with Crippen LogP contribution in [0.4, 0.5) is 0 Å². The van der Waals surface area contributed by atoms with Gasteiger partial charge in [0.25, 0.3) is 0 Å². The van der Waals surface area contributed by atoms with Gasteiger partial charge >= 0.3 is 0 Å². The summed E-state index contributed by atoms with van der Waals surface area (Å²) in [5, 5.41) is 0. The molecular weight excluding hydrogens is 160 g/mol. The van der Waals surface area contributed by atoms with Crippen molar-refractivity contribution in [1.29, 1.82) is 0 Å². The molecule has 0 radical (unpaired) electrons. The molecule has 2 aliphatic carbocycles. The molecule has 0 aliphatic heterocycles. The lowest BCUT2D eigenvalue weighted by Gasteiger charge is -2.42. The third kappa shape index (κ3) is 1.50. The maximum Gasteiger partial charge on any atom is 0.0186 e. The maximum absolute atomic E-state index is 5.90. The lowest BCUT2D eigenvalue weighted by atomic mass is 9.73. The molecule has 0 bridgehead atoms. The van der Waals surface area contributed by atoms with Crippen LogP contribution in [-0.4, -0.2) is 31.6 Å². The molecule has 1 atom stereocenters. The Morgan fingerprint density at radius 2 is 2.00 bits per heavy atom. The van der Waals surface area contributed by atoms with Gasteiger partial charge in [-0.1, -0.05) is 6.42 Å². The molecule has 0 spiro atoms. The zero-order valence-corrected chi connectivity index (χ0v) is 8.92. The van der Waals surface area contributed by atoms with Crippen molar-refractivity contribution in [3.05, 3.63) is 0 Å². The van der Waals surface area contributed by atoms with Crippen molar-refractivity contribution in [1.82, 2.24) is 4.90 Å². The number of nitrogens with two attached hydrogens (primary N) is 1. The average molecular weight is 182 g/mol. The van der Waals surface area contributed by atoms with Crippen molar-refractivity contribution >= 4 is 0 Å². The number of rotatable bonds is 4. The van der Waals surface area contributed by atoms with Crippen LogP contribution in [0.3, 0.4) is 0 Å². The molecule has 0 amide bonds. The first-order valence-electron chi connectivity index (χ1n) is 5.56. The van der Waals surface area contributed by atoms with Crippen molar-refractivity contribution in [2.75, 3.05) is 20.6 Å². The highest BCUT2D eigenvalue weighted by Gasteiger charge is 2.52. The van der Waals surface area contributed by atoms with Crippen molar-refractivity contribution in [3.63, 3.8) is 0 Å². The summed E-state index contributed by atoms with van der Waals surface area (Å²) in [4.78, 5) is 2.42. The highest BCUT2D eigenvalue weighted by molar-refractivity contribution is 5.06. The summed E-state index contributed by atoms with van der Waals surface area (Å²) in [5.41, 5.74) is 6.41. The molecule has 0 aromatic heterocycles. The predicted octanol–water partition coefficient (Wildman–Crippen LogP) is 1.46. The molecule has 2 aliphatic rings. The minimum atomic E-state index is 0.509. The number of nitrogens with zero attached hydrogens (tertiary/aromatic N) is 1. The van der Waals surface area contributed by atoms with Gasteiger partial charge < -0.3 is 10.6 Å². The fourth-order valence-electron chi connectivity index (χ4n) is 3.01. The summed E-state index contributed by atoms with van der Waals surface area (Å²) < 4.78 is 0. The molecule has 13 heavy (non-hydrogen) atoms. The van der Waals surface area contributed by atoms with E-state index in [1.54, 1.807) is 0 Å². The van der Waals surface area contributed by atoms with Crippen LogP contribution in [0.5, 0.6) is 0 Å². The van der Waals surface area contributed by atoms with Gasteiger partial charge in [-0.05, 0) is 57.7 Å². The van der Waals surface area contributed by atoms with Crippen molar-refractivity contribution in [2.24, 2.45) is 17.1 Å². The second-order valence-electron chi connectivity index (χ2n) is 5.17. The van der Waals surface area contributed by atoms with Gasteiger partial charge in [0.2, 0.25) is 0 Å². The van der Waals surface area contributed by atoms with Gasteiger partial charge in [0, 0.05) is 6.04 Å². The summed E-state index contributed by atoms with van der Waals surface area (Å²) in [5.74, 6) is 0.945. The molecule has 2 N–H and O–H groups in total. The molecule has 0 heterocycles. The van der Waals surface area contributed by atoms with Gasteiger partial charge in [-0.25, -0.2) is 0 Å². The first-order valence-corrected chi connectivity index (χ1v) is 5.56. The van der Waals surface area contributed by atoms with Gasteiger partial charge in [-0.2, -0.15) is 0 Å². The first-order chi connectivity index (χ1) is 6.19. The lowest BCUT2D eigenvalue weighted by Crippen LogP contribution is -2.47. The highest BCUT2D eigenvalue weighted by atomic mass is 15.1. The molecule has 2 fully saturated rings. The van der Waals surface area contributed by atoms with Gasteiger partial charge in [-0.3, -0.25) is 0 Å². The summed E-state index contributed by atoms with van der Waals surface area (Å²) in [6.07, 6.45) is 7.04. The predicted molar refractivity (Wildman–Crippen MR) is 55.5 cm³/mol. The Kier molecular flexibility index (Phi) is 2.37. The van der Waals surface area contributed by atoms with Crippen LogP contribution in [-0.2, 0) is 0 Å². The maximum atomic E-state index is 5.90. The Bertz CT molecular complexity index is 181. The van der Waals surface area contributed by atoms with Gasteiger partial charge in [-0.15, -0.1) is 0 Å². The minimum Gasteiger partial charge on any atom is -0.330 e. The molecule has 2 heteroatoms. The van der Waals surface area contributed by atoms with Gasteiger partial charge in [0.1, 0.15) is 0 Å². The van der Waals surface area contributed by atoms with E-state index in [-0.39, 0.29) is 0 Å². The minimum absolute atomic E-state index is 0.509. The molecular formula is C11H22N2. The molecule has 2 nitrogen and oxygen atoms in total. The fourth-order valence-corrected chi connectivity index (χ4v) is 3.01. The third-order valence-electron chi connectivity index (χ3n) is 4.08. The molecule has 0 aromatic carbocycles. The largest absolute Gasteiger partial charge is 0.330 e. The zero-order valence-electron chi connectivity index (χ0n) is 8.92. The van der Waals surface area contributed by atoms with Crippen LogP contribution in [0.25, 0.3) is 0 Å². The van der Waals surface area contributed by atoms with Crippen molar-refractivity contribution in [2.45, 2.75) is 38.1 Å². The summed E-state index contributed by atoms with van der Waals surface area (Å²) >= 11 is 0. The second-order valence-corrected chi connectivity index (χ2v) is 5.17. The van der Waals surface area contributed by atoms with Gasteiger partial charge in [0.15, 0.2) is 0 Å². The Balaban J connectivity index is 2.04. The number of hydrogen-bond acceptors (Lipinski definition) is 2. The zero-order chi connectivity index (χ0) is 9.47. The Labute approximate surface area is 81.5 Å². The molecule has 1 unspecified atom stereocenters. The quantitative estimate of drug-likeness (QED) is 0.713. The monoisotopic (exact) mass is 182 g/mol. The Hall–Kier alpha value is -0.0800. The summed E-state index contributed by atoms with van der Waals surface area (Å²) in [6.45, 7) is 0.895.